The van der Waals surface area contributed by atoms with Gasteiger partial charge in [-0.2, -0.15) is 13.2 Å². The summed E-state index contributed by atoms with van der Waals surface area (Å²) in [5, 5.41) is 7.96. The van der Waals surface area contributed by atoms with Crippen molar-refractivity contribution in [3.05, 3.63) is 40.9 Å². The minimum atomic E-state index is -4.40. The summed E-state index contributed by atoms with van der Waals surface area (Å²) in [6.45, 7) is 3.53. The standard InChI is InChI=1S/C22H27F3N4O3S/c1-2-32-19(30)8-7-16-14-33-20(27-16)28-21(31)29-11-9-15(10-12-29)13-26-18-6-4-3-5-17(18)22(23,24)25/h3-6,14-15,26H,2,7-13H2,1H3,(H,27,28,31). The van der Waals surface area contributed by atoms with Crippen LogP contribution in [0, 0.1) is 5.92 Å². The predicted octanol–water partition coefficient (Wildman–Crippen LogP) is 5.01. The lowest BCUT2D eigenvalue weighted by atomic mass is 9.96. The molecule has 7 nitrogen and oxygen atoms in total. The Morgan fingerprint density at radius 1 is 1.24 bits per heavy atom. The summed E-state index contributed by atoms with van der Waals surface area (Å²) in [7, 11) is 0. The fourth-order valence-electron chi connectivity index (χ4n) is 3.59. The first-order valence-electron chi connectivity index (χ1n) is 10.8. The molecular weight excluding hydrogens is 457 g/mol. The van der Waals surface area contributed by atoms with Crippen molar-refractivity contribution in [2.24, 2.45) is 5.92 Å². The number of nitrogens with one attached hydrogen (secondary N) is 2. The van der Waals surface area contributed by atoms with Crippen LogP contribution in [0.5, 0.6) is 0 Å². The number of ether oxygens (including phenoxy) is 1. The van der Waals surface area contributed by atoms with Gasteiger partial charge in [0.2, 0.25) is 0 Å². The van der Waals surface area contributed by atoms with Crippen LogP contribution in [0.1, 0.15) is 37.4 Å². The number of piperidine rings is 1. The summed E-state index contributed by atoms with van der Waals surface area (Å²) in [4.78, 5) is 30.0. The molecule has 1 fully saturated rings. The van der Waals surface area contributed by atoms with E-state index in [1.807, 2.05) is 0 Å². The van der Waals surface area contributed by atoms with E-state index < -0.39 is 11.7 Å². The van der Waals surface area contributed by atoms with Gasteiger partial charge < -0.3 is 15.0 Å². The number of thiazole rings is 1. The number of carbonyl (C=O) groups excluding carboxylic acids is 2. The fourth-order valence-corrected chi connectivity index (χ4v) is 4.33. The highest BCUT2D eigenvalue weighted by Gasteiger charge is 2.33. The van der Waals surface area contributed by atoms with Crippen molar-refractivity contribution < 1.29 is 27.5 Å². The number of amides is 2. The fraction of sp³-hybridized carbons (Fsp3) is 0.500. The number of hydrogen-bond donors (Lipinski definition) is 2. The summed E-state index contributed by atoms with van der Waals surface area (Å²) in [5.74, 6) is -0.111. The van der Waals surface area contributed by atoms with Gasteiger partial charge in [-0.1, -0.05) is 12.1 Å². The van der Waals surface area contributed by atoms with Gasteiger partial charge in [0.15, 0.2) is 5.13 Å². The number of likely N-dealkylation sites (tertiary alicyclic amines) is 1. The van der Waals surface area contributed by atoms with Crippen LogP contribution in [-0.4, -0.2) is 48.1 Å². The van der Waals surface area contributed by atoms with E-state index in [0.717, 1.165) is 6.07 Å². The molecule has 1 aromatic carbocycles. The molecule has 2 amide bonds. The number of benzene rings is 1. The van der Waals surface area contributed by atoms with Gasteiger partial charge >= 0.3 is 18.2 Å². The Labute approximate surface area is 194 Å². The molecule has 11 heteroatoms. The van der Waals surface area contributed by atoms with Gasteiger partial charge in [-0.05, 0) is 37.8 Å². The number of aromatic nitrogens is 1. The third-order valence-corrected chi connectivity index (χ3v) is 6.18. The summed E-state index contributed by atoms with van der Waals surface area (Å²) in [6, 6.07) is 5.19. The Morgan fingerprint density at radius 3 is 2.67 bits per heavy atom. The maximum Gasteiger partial charge on any atom is 0.418 e. The van der Waals surface area contributed by atoms with Crippen LogP contribution in [0.25, 0.3) is 0 Å². The van der Waals surface area contributed by atoms with E-state index in [2.05, 4.69) is 15.6 Å². The number of anilines is 2. The highest BCUT2D eigenvalue weighted by Crippen LogP contribution is 2.34. The molecule has 0 aliphatic carbocycles. The molecule has 0 spiro atoms. The normalized spacial score (nSPS) is 14.7. The highest BCUT2D eigenvalue weighted by atomic mass is 32.1. The van der Waals surface area contributed by atoms with E-state index in [0.29, 0.717) is 56.3 Å². The number of halogens is 3. The number of alkyl halides is 3. The second-order valence-corrected chi connectivity index (χ2v) is 8.59. The van der Waals surface area contributed by atoms with Gasteiger partial charge in [-0.15, -0.1) is 11.3 Å². The smallest absolute Gasteiger partial charge is 0.418 e. The van der Waals surface area contributed by atoms with E-state index in [-0.39, 0.29) is 30.0 Å². The Hall–Kier alpha value is -2.82. The first kappa shape index (κ1) is 24.8. The lowest BCUT2D eigenvalue weighted by molar-refractivity contribution is -0.143. The number of carbonyl (C=O) groups is 2. The number of para-hydroxylation sites is 1. The van der Waals surface area contributed by atoms with Crippen LogP contribution >= 0.6 is 11.3 Å². The summed E-state index contributed by atoms with van der Waals surface area (Å²) >= 11 is 1.29. The Kier molecular flexibility index (Phi) is 8.54. The molecule has 0 radical (unpaired) electrons. The van der Waals surface area contributed by atoms with Gasteiger partial charge in [0.25, 0.3) is 0 Å². The zero-order chi connectivity index (χ0) is 23.8. The molecule has 0 saturated carbocycles. The molecule has 2 aromatic rings. The van der Waals surface area contributed by atoms with Crippen molar-refractivity contribution in [3.8, 4) is 0 Å². The van der Waals surface area contributed by atoms with E-state index in [9.17, 15) is 22.8 Å². The van der Waals surface area contributed by atoms with Crippen molar-refractivity contribution >= 4 is 34.2 Å². The average Bonchev–Trinajstić information content (AvgIpc) is 3.23. The van der Waals surface area contributed by atoms with E-state index in [1.54, 1.807) is 23.3 Å². The largest absolute Gasteiger partial charge is 0.466 e. The quantitative estimate of drug-likeness (QED) is 0.515. The van der Waals surface area contributed by atoms with Gasteiger partial charge in [-0.25, -0.2) is 9.78 Å². The van der Waals surface area contributed by atoms with Crippen LogP contribution in [0.3, 0.4) is 0 Å². The number of esters is 1. The van der Waals surface area contributed by atoms with Crippen LogP contribution in [0.2, 0.25) is 0 Å². The molecule has 3 rings (SSSR count). The summed E-state index contributed by atoms with van der Waals surface area (Å²) in [6.07, 6.45) is -2.34. The molecule has 33 heavy (non-hydrogen) atoms. The molecule has 0 unspecified atom stereocenters. The minimum Gasteiger partial charge on any atom is -0.466 e. The number of hydrogen-bond acceptors (Lipinski definition) is 6. The van der Waals surface area contributed by atoms with Crippen molar-refractivity contribution in [1.29, 1.82) is 0 Å². The average molecular weight is 485 g/mol. The van der Waals surface area contributed by atoms with Crippen LogP contribution in [0.4, 0.5) is 28.8 Å². The monoisotopic (exact) mass is 484 g/mol. The Morgan fingerprint density at radius 2 is 1.97 bits per heavy atom. The van der Waals surface area contributed by atoms with Crippen LogP contribution in [0.15, 0.2) is 29.6 Å². The molecule has 0 bridgehead atoms. The lowest BCUT2D eigenvalue weighted by Crippen LogP contribution is -2.42. The summed E-state index contributed by atoms with van der Waals surface area (Å²) < 4.78 is 44.3. The van der Waals surface area contributed by atoms with Gasteiger partial charge in [0.05, 0.1) is 24.3 Å². The van der Waals surface area contributed by atoms with E-state index in [4.69, 9.17) is 4.74 Å². The highest BCUT2D eigenvalue weighted by molar-refractivity contribution is 7.13. The zero-order valence-electron chi connectivity index (χ0n) is 18.3. The molecule has 0 atom stereocenters. The zero-order valence-corrected chi connectivity index (χ0v) is 19.1. The predicted molar refractivity (Wildman–Crippen MR) is 120 cm³/mol. The van der Waals surface area contributed by atoms with Crippen molar-refractivity contribution in [2.45, 2.75) is 38.8 Å². The maximum absolute atomic E-state index is 13.1. The minimum absolute atomic E-state index is 0.0766. The number of aryl methyl sites for hydroxylation is 1. The third kappa shape index (κ3) is 7.34. The molecule has 2 heterocycles. The van der Waals surface area contributed by atoms with E-state index in [1.165, 1.54) is 23.5 Å². The molecule has 1 aliphatic rings. The molecular formula is C22H27F3N4O3S. The molecule has 1 aliphatic heterocycles. The number of nitrogens with zero attached hydrogens (tertiary/aromatic N) is 2. The lowest BCUT2D eigenvalue weighted by Gasteiger charge is -2.32. The molecule has 1 aromatic heterocycles. The molecule has 180 valence electrons. The number of urea groups is 1. The van der Waals surface area contributed by atoms with E-state index >= 15 is 0 Å². The Bertz CT molecular complexity index is 943. The van der Waals surface area contributed by atoms with Gasteiger partial charge in [-0.3, -0.25) is 10.1 Å². The molecule has 1 saturated heterocycles. The SMILES string of the molecule is CCOC(=O)CCc1csc(NC(=O)N2CCC(CNc3ccccc3C(F)(F)F)CC2)n1. The topological polar surface area (TPSA) is 83.6 Å². The first-order chi connectivity index (χ1) is 15.8. The van der Waals surface area contributed by atoms with Gasteiger partial charge in [0.1, 0.15) is 0 Å². The third-order valence-electron chi connectivity index (χ3n) is 5.37. The van der Waals surface area contributed by atoms with Crippen molar-refractivity contribution in [2.75, 3.05) is 36.9 Å². The second kappa shape index (κ2) is 11.4. The molecule has 2 N–H and O–H groups in total. The second-order valence-electron chi connectivity index (χ2n) is 7.73. The number of rotatable bonds is 8. The van der Waals surface area contributed by atoms with Crippen LogP contribution < -0.4 is 10.6 Å². The Balaban J connectivity index is 1.42. The van der Waals surface area contributed by atoms with Gasteiger partial charge in [0, 0.05) is 37.1 Å². The van der Waals surface area contributed by atoms with Crippen molar-refractivity contribution in [1.82, 2.24) is 9.88 Å². The summed E-state index contributed by atoms with van der Waals surface area (Å²) in [5.41, 5.74) is 0.117. The van der Waals surface area contributed by atoms with Crippen molar-refractivity contribution in [3.63, 3.8) is 0 Å². The first-order valence-corrected chi connectivity index (χ1v) is 11.7. The maximum atomic E-state index is 13.1. The van der Waals surface area contributed by atoms with Crippen LogP contribution in [-0.2, 0) is 22.1 Å².